The maximum atomic E-state index is 12.8. The molecule has 0 aliphatic rings. The van der Waals surface area contributed by atoms with Crippen LogP contribution in [0.4, 0.5) is 4.39 Å². The zero-order valence-electron chi connectivity index (χ0n) is 10.2. The molecule has 5 heteroatoms. The Kier molecular flexibility index (Phi) is 3.92. The van der Waals surface area contributed by atoms with Crippen LogP contribution in [0.2, 0.25) is 5.02 Å². The third-order valence-corrected chi connectivity index (χ3v) is 4.76. The summed E-state index contributed by atoms with van der Waals surface area (Å²) in [6.07, 6.45) is 0. The van der Waals surface area contributed by atoms with Gasteiger partial charge in [-0.15, -0.1) is 0 Å². The minimum absolute atomic E-state index is 0.0885. The lowest BCUT2D eigenvalue weighted by molar-refractivity contribution is 0.594. The smallest absolute Gasteiger partial charge is 0.182 e. The molecule has 0 atom stereocenters. The molecule has 2 rings (SSSR count). The normalized spacial score (nSPS) is 11.5. The van der Waals surface area contributed by atoms with Gasteiger partial charge in [0.15, 0.2) is 9.84 Å². The lowest BCUT2D eigenvalue weighted by Gasteiger charge is -2.07. The van der Waals surface area contributed by atoms with Crippen LogP contribution in [0, 0.1) is 12.7 Å². The summed E-state index contributed by atoms with van der Waals surface area (Å²) < 4.78 is 37.1. The van der Waals surface area contributed by atoms with Crippen molar-refractivity contribution < 1.29 is 12.8 Å². The summed E-state index contributed by atoms with van der Waals surface area (Å²) >= 11 is 6.02. The molecule has 0 aromatic heterocycles. The summed E-state index contributed by atoms with van der Waals surface area (Å²) in [5.74, 6) is -0.662. The fourth-order valence-corrected chi connectivity index (χ4v) is 3.46. The summed E-state index contributed by atoms with van der Waals surface area (Å²) in [6, 6.07) is 9.99. The predicted octanol–water partition coefficient (Wildman–Crippen LogP) is 3.76. The van der Waals surface area contributed by atoms with E-state index < -0.39 is 15.7 Å². The second-order valence-corrected chi connectivity index (χ2v) is 6.70. The van der Waals surface area contributed by atoms with Crippen LogP contribution in [0.15, 0.2) is 47.4 Å². The van der Waals surface area contributed by atoms with Gasteiger partial charge in [-0.25, -0.2) is 12.8 Å². The van der Waals surface area contributed by atoms with Crippen molar-refractivity contribution in [3.8, 4) is 0 Å². The molecule has 0 N–H and O–H groups in total. The minimum Gasteiger partial charge on any atom is -0.223 e. The van der Waals surface area contributed by atoms with Gasteiger partial charge in [0, 0.05) is 5.02 Å². The Labute approximate surface area is 116 Å². The van der Waals surface area contributed by atoms with Gasteiger partial charge in [-0.1, -0.05) is 23.7 Å². The van der Waals surface area contributed by atoms with Crippen LogP contribution in [-0.2, 0) is 15.6 Å². The van der Waals surface area contributed by atoms with E-state index in [9.17, 15) is 12.8 Å². The summed E-state index contributed by atoms with van der Waals surface area (Å²) in [5, 5.41) is 0.422. The molecule has 0 aliphatic heterocycles. The van der Waals surface area contributed by atoms with Crippen molar-refractivity contribution in [2.45, 2.75) is 17.6 Å². The number of benzene rings is 2. The number of aryl methyl sites for hydroxylation is 1. The standard InChI is InChI=1S/C14H12ClFO2S/c1-10-2-3-11(14(15)8-10)9-19(17,18)13-6-4-12(16)5-7-13/h2-8H,9H2,1H3. The Hall–Kier alpha value is -1.39. The minimum atomic E-state index is -3.52. The van der Waals surface area contributed by atoms with Gasteiger partial charge in [0.05, 0.1) is 10.6 Å². The maximum absolute atomic E-state index is 12.8. The molecule has 0 spiro atoms. The van der Waals surface area contributed by atoms with E-state index in [4.69, 9.17) is 11.6 Å². The highest BCUT2D eigenvalue weighted by Gasteiger charge is 2.17. The molecule has 0 saturated carbocycles. The van der Waals surface area contributed by atoms with Gasteiger partial charge in [-0.2, -0.15) is 0 Å². The quantitative estimate of drug-likeness (QED) is 0.809. The van der Waals surface area contributed by atoms with E-state index in [0.29, 0.717) is 10.6 Å². The van der Waals surface area contributed by atoms with Gasteiger partial charge < -0.3 is 0 Å². The average Bonchev–Trinajstić information content (AvgIpc) is 2.33. The third kappa shape index (κ3) is 3.33. The van der Waals surface area contributed by atoms with Crippen LogP contribution in [0.3, 0.4) is 0 Å². The molecule has 2 aromatic rings. The highest BCUT2D eigenvalue weighted by molar-refractivity contribution is 7.90. The predicted molar refractivity (Wildman–Crippen MR) is 73.5 cm³/mol. The first-order valence-corrected chi connectivity index (χ1v) is 7.65. The molecule has 0 radical (unpaired) electrons. The number of halogens is 2. The molecule has 100 valence electrons. The maximum Gasteiger partial charge on any atom is 0.182 e. The van der Waals surface area contributed by atoms with E-state index >= 15 is 0 Å². The van der Waals surface area contributed by atoms with Crippen molar-refractivity contribution in [3.63, 3.8) is 0 Å². The molecule has 0 heterocycles. The zero-order chi connectivity index (χ0) is 14.0. The van der Waals surface area contributed by atoms with Crippen molar-refractivity contribution in [3.05, 3.63) is 64.4 Å². The van der Waals surface area contributed by atoms with Crippen molar-refractivity contribution in [1.29, 1.82) is 0 Å². The van der Waals surface area contributed by atoms with Gasteiger partial charge in [0.2, 0.25) is 0 Å². The Morgan fingerprint density at radius 3 is 2.32 bits per heavy atom. The van der Waals surface area contributed by atoms with Gasteiger partial charge in [-0.3, -0.25) is 0 Å². The molecule has 2 aromatic carbocycles. The summed E-state index contributed by atoms with van der Waals surface area (Å²) in [7, 11) is -3.52. The molecule has 19 heavy (non-hydrogen) atoms. The van der Waals surface area contributed by atoms with Gasteiger partial charge >= 0.3 is 0 Å². The average molecular weight is 299 g/mol. The molecule has 0 fully saturated rings. The summed E-state index contributed by atoms with van der Waals surface area (Å²) in [6.45, 7) is 1.88. The van der Waals surface area contributed by atoms with Crippen molar-refractivity contribution >= 4 is 21.4 Å². The van der Waals surface area contributed by atoms with Gasteiger partial charge in [0.25, 0.3) is 0 Å². The molecule has 0 unspecified atom stereocenters. The van der Waals surface area contributed by atoms with E-state index in [1.807, 2.05) is 6.92 Å². The first kappa shape index (κ1) is 14.0. The van der Waals surface area contributed by atoms with Crippen molar-refractivity contribution in [2.24, 2.45) is 0 Å². The Morgan fingerprint density at radius 2 is 1.74 bits per heavy atom. The van der Waals surface area contributed by atoms with Crippen LogP contribution < -0.4 is 0 Å². The van der Waals surface area contributed by atoms with Crippen LogP contribution in [0.5, 0.6) is 0 Å². The van der Waals surface area contributed by atoms with Crippen molar-refractivity contribution in [1.82, 2.24) is 0 Å². The lowest BCUT2D eigenvalue weighted by Crippen LogP contribution is -2.05. The van der Waals surface area contributed by atoms with Gasteiger partial charge in [0.1, 0.15) is 5.82 Å². The second-order valence-electron chi connectivity index (χ2n) is 4.31. The first-order valence-electron chi connectivity index (χ1n) is 5.62. The topological polar surface area (TPSA) is 34.1 Å². The summed E-state index contributed by atoms with van der Waals surface area (Å²) in [5.41, 5.74) is 1.50. The van der Waals surface area contributed by atoms with Crippen LogP contribution in [0.1, 0.15) is 11.1 Å². The molecule has 0 saturated heterocycles. The largest absolute Gasteiger partial charge is 0.223 e. The molecule has 0 amide bonds. The van der Waals surface area contributed by atoms with E-state index in [1.165, 1.54) is 12.1 Å². The van der Waals surface area contributed by atoms with Crippen molar-refractivity contribution in [2.75, 3.05) is 0 Å². The molecular formula is C14H12ClFO2S. The molecular weight excluding hydrogens is 287 g/mol. The SMILES string of the molecule is Cc1ccc(CS(=O)(=O)c2ccc(F)cc2)c(Cl)c1. The number of rotatable bonds is 3. The Bertz CT molecular complexity index is 694. The van der Waals surface area contributed by atoms with E-state index in [-0.39, 0.29) is 10.6 Å². The molecule has 2 nitrogen and oxygen atoms in total. The number of hydrogen-bond donors (Lipinski definition) is 0. The Morgan fingerprint density at radius 1 is 1.11 bits per heavy atom. The van der Waals surface area contributed by atoms with Crippen LogP contribution >= 0.6 is 11.6 Å². The monoisotopic (exact) mass is 298 g/mol. The second kappa shape index (κ2) is 5.31. The fourth-order valence-electron chi connectivity index (χ4n) is 1.70. The first-order chi connectivity index (χ1) is 8.88. The highest BCUT2D eigenvalue weighted by Crippen LogP contribution is 2.23. The molecule has 0 aliphatic carbocycles. The zero-order valence-corrected chi connectivity index (χ0v) is 11.8. The van der Waals surface area contributed by atoms with Crippen LogP contribution in [-0.4, -0.2) is 8.42 Å². The van der Waals surface area contributed by atoms with E-state index in [2.05, 4.69) is 0 Å². The third-order valence-electron chi connectivity index (χ3n) is 2.73. The van der Waals surface area contributed by atoms with E-state index in [0.717, 1.165) is 17.7 Å². The lowest BCUT2D eigenvalue weighted by atomic mass is 10.2. The van der Waals surface area contributed by atoms with Crippen LogP contribution in [0.25, 0.3) is 0 Å². The van der Waals surface area contributed by atoms with E-state index in [1.54, 1.807) is 18.2 Å². The number of sulfone groups is 1. The summed E-state index contributed by atoms with van der Waals surface area (Å²) in [4.78, 5) is 0.0885. The van der Waals surface area contributed by atoms with Gasteiger partial charge in [-0.05, 0) is 48.4 Å². The molecule has 0 bridgehead atoms. The fraction of sp³-hybridized carbons (Fsp3) is 0.143. The highest BCUT2D eigenvalue weighted by atomic mass is 35.5. The number of hydrogen-bond acceptors (Lipinski definition) is 2. The Balaban J connectivity index is 2.33.